The minimum Gasteiger partial charge on any atom is -0.448 e. The van der Waals surface area contributed by atoms with Crippen LogP contribution in [0.25, 0.3) is 0 Å². The predicted octanol–water partition coefficient (Wildman–Crippen LogP) is 2.95. The molecule has 0 unspecified atom stereocenters. The molecule has 0 aliphatic carbocycles. The van der Waals surface area contributed by atoms with Crippen LogP contribution in [0.4, 0.5) is 13.2 Å². The number of amides is 1. The zero-order valence-electron chi connectivity index (χ0n) is 12.7. The number of benzene rings is 1. The zero-order chi connectivity index (χ0) is 17.5. The first-order chi connectivity index (χ1) is 11.3. The molecule has 5 nitrogen and oxygen atoms in total. The van der Waals surface area contributed by atoms with E-state index in [4.69, 9.17) is 4.42 Å². The fourth-order valence-corrected chi connectivity index (χ4v) is 2.92. The maximum Gasteiger partial charge on any atom is 0.416 e. The quantitative estimate of drug-likeness (QED) is 0.913. The van der Waals surface area contributed by atoms with Gasteiger partial charge >= 0.3 is 6.18 Å². The average molecular weight is 340 g/mol. The van der Waals surface area contributed by atoms with E-state index in [1.54, 1.807) is 6.92 Å². The summed E-state index contributed by atoms with van der Waals surface area (Å²) in [4.78, 5) is 17.8. The van der Waals surface area contributed by atoms with Crippen molar-refractivity contribution >= 4 is 5.91 Å². The molecule has 0 spiro atoms. The molecule has 24 heavy (non-hydrogen) atoms. The molecule has 0 saturated carbocycles. The van der Waals surface area contributed by atoms with Gasteiger partial charge in [0.05, 0.1) is 17.7 Å². The number of alkyl halides is 3. The third-order valence-corrected chi connectivity index (χ3v) is 4.09. The summed E-state index contributed by atoms with van der Waals surface area (Å²) >= 11 is 0. The van der Waals surface area contributed by atoms with Gasteiger partial charge in [-0.1, -0.05) is 12.1 Å². The number of rotatable bonds is 2. The van der Waals surface area contributed by atoms with Crippen molar-refractivity contribution in [1.29, 1.82) is 0 Å². The van der Waals surface area contributed by atoms with E-state index in [1.165, 1.54) is 17.0 Å². The van der Waals surface area contributed by atoms with E-state index in [-0.39, 0.29) is 18.7 Å². The van der Waals surface area contributed by atoms with Crippen LogP contribution in [0.3, 0.4) is 0 Å². The number of nitrogens with zero attached hydrogens (tertiary/aromatic N) is 2. The van der Waals surface area contributed by atoms with Crippen LogP contribution in [0, 0.1) is 6.92 Å². The Morgan fingerprint density at radius 3 is 2.79 bits per heavy atom. The Morgan fingerprint density at radius 1 is 1.42 bits per heavy atom. The lowest BCUT2D eigenvalue weighted by molar-refractivity contribution is -0.137. The van der Waals surface area contributed by atoms with Crippen molar-refractivity contribution in [1.82, 2.24) is 9.88 Å². The Morgan fingerprint density at radius 2 is 2.17 bits per heavy atom. The summed E-state index contributed by atoms with van der Waals surface area (Å²) in [6.07, 6.45) is -3.97. The number of hydrogen-bond donors (Lipinski definition) is 1. The van der Waals surface area contributed by atoms with Crippen molar-refractivity contribution in [3.63, 3.8) is 0 Å². The lowest BCUT2D eigenvalue weighted by Gasteiger charge is -2.24. The summed E-state index contributed by atoms with van der Waals surface area (Å²) in [5.41, 5.74) is -0.358. The third kappa shape index (κ3) is 3.01. The summed E-state index contributed by atoms with van der Waals surface area (Å²) < 4.78 is 43.7. The second-order valence-electron chi connectivity index (χ2n) is 5.74. The van der Waals surface area contributed by atoms with Crippen molar-refractivity contribution in [2.75, 3.05) is 6.54 Å². The van der Waals surface area contributed by atoms with E-state index in [0.29, 0.717) is 11.3 Å². The molecule has 2 atom stereocenters. The molecule has 1 amide bonds. The van der Waals surface area contributed by atoms with Crippen molar-refractivity contribution in [3.8, 4) is 0 Å². The number of aryl methyl sites for hydroxylation is 1. The first-order valence-corrected chi connectivity index (χ1v) is 7.33. The van der Waals surface area contributed by atoms with Crippen LogP contribution >= 0.6 is 0 Å². The van der Waals surface area contributed by atoms with Gasteiger partial charge in [-0.3, -0.25) is 4.79 Å². The average Bonchev–Trinajstić information content (AvgIpc) is 3.12. The Hall–Kier alpha value is -2.35. The number of aliphatic hydroxyl groups is 1. The molecule has 1 N–H and O–H groups in total. The molecule has 2 aromatic rings. The maximum absolute atomic E-state index is 12.9. The van der Waals surface area contributed by atoms with Gasteiger partial charge in [0.2, 0.25) is 0 Å². The van der Waals surface area contributed by atoms with Gasteiger partial charge in [-0.05, 0) is 31.0 Å². The molecular formula is C16H15F3N2O3. The number of likely N-dealkylation sites (tertiary alicyclic amines) is 1. The summed E-state index contributed by atoms with van der Waals surface area (Å²) in [7, 11) is 0. The monoisotopic (exact) mass is 340 g/mol. The van der Waals surface area contributed by atoms with Crippen molar-refractivity contribution in [2.45, 2.75) is 31.7 Å². The van der Waals surface area contributed by atoms with Crippen molar-refractivity contribution in [3.05, 3.63) is 53.2 Å². The third-order valence-electron chi connectivity index (χ3n) is 4.09. The van der Waals surface area contributed by atoms with Crippen molar-refractivity contribution < 1.29 is 27.5 Å². The number of oxazole rings is 1. The summed E-state index contributed by atoms with van der Waals surface area (Å²) in [5.74, 6) is -0.149. The van der Waals surface area contributed by atoms with Gasteiger partial charge in [0.1, 0.15) is 5.76 Å². The van der Waals surface area contributed by atoms with Gasteiger partial charge in [-0.2, -0.15) is 13.2 Å². The van der Waals surface area contributed by atoms with E-state index in [0.717, 1.165) is 18.5 Å². The Labute approximate surface area is 135 Å². The second kappa shape index (κ2) is 5.94. The van der Waals surface area contributed by atoms with Crippen LogP contribution in [-0.4, -0.2) is 33.5 Å². The number of aliphatic hydroxyl groups excluding tert-OH is 1. The predicted molar refractivity (Wildman–Crippen MR) is 77.1 cm³/mol. The lowest BCUT2D eigenvalue weighted by Crippen LogP contribution is -2.32. The van der Waals surface area contributed by atoms with Crippen LogP contribution in [0.1, 0.15) is 39.8 Å². The first kappa shape index (κ1) is 16.5. The molecular weight excluding hydrogens is 325 g/mol. The highest BCUT2D eigenvalue weighted by Crippen LogP contribution is 2.36. The fraction of sp³-hybridized carbons (Fsp3) is 0.375. The number of aromatic nitrogens is 1. The molecule has 1 saturated heterocycles. The van der Waals surface area contributed by atoms with Gasteiger partial charge in [0.15, 0.2) is 12.1 Å². The van der Waals surface area contributed by atoms with Crippen LogP contribution in [0.2, 0.25) is 0 Å². The lowest BCUT2D eigenvalue weighted by atomic mass is 10.0. The number of β-amino-alcohol motifs (C(OH)–C–C–N with tert-alkyl or cyclic N) is 1. The normalized spacial score (nSPS) is 21.3. The summed E-state index contributed by atoms with van der Waals surface area (Å²) in [6, 6.07) is 4.16. The summed E-state index contributed by atoms with van der Waals surface area (Å²) in [5, 5.41) is 9.92. The highest BCUT2D eigenvalue weighted by Gasteiger charge is 2.38. The zero-order valence-corrected chi connectivity index (χ0v) is 12.7. The number of carbonyl (C=O) groups excluding carboxylic acids is 1. The van der Waals surface area contributed by atoms with E-state index >= 15 is 0 Å². The van der Waals surface area contributed by atoms with Gasteiger partial charge in [0.25, 0.3) is 5.91 Å². The molecule has 128 valence electrons. The Kier molecular flexibility index (Phi) is 4.08. The molecule has 1 fully saturated rings. The van der Waals surface area contributed by atoms with Crippen LogP contribution < -0.4 is 0 Å². The Bertz CT molecular complexity index is 757. The van der Waals surface area contributed by atoms with E-state index < -0.39 is 29.8 Å². The van der Waals surface area contributed by atoms with Crippen molar-refractivity contribution in [2.24, 2.45) is 0 Å². The standard InChI is InChI=1S/C16H15F3N2O3/c1-9-14(20-8-24-9)15(23)21-7-12(22)6-13(21)10-3-2-4-11(5-10)16(17,18)19/h2-5,8,12-13,22H,6-7H2,1H3/t12-,13+/m1/s1. The Balaban J connectivity index is 1.94. The molecule has 1 aromatic carbocycles. The number of hydrogen-bond acceptors (Lipinski definition) is 4. The minimum absolute atomic E-state index is 0.0338. The molecule has 3 rings (SSSR count). The molecule has 0 bridgehead atoms. The molecule has 1 aliphatic rings. The highest BCUT2D eigenvalue weighted by atomic mass is 19.4. The largest absolute Gasteiger partial charge is 0.448 e. The second-order valence-corrected chi connectivity index (χ2v) is 5.74. The summed E-state index contributed by atoms with van der Waals surface area (Å²) in [6.45, 7) is 1.61. The van der Waals surface area contributed by atoms with Crippen LogP contribution in [0.5, 0.6) is 0 Å². The van der Waals surface area contributed by atoms with Gasteiger partial charge in [0, 0.05) is 6.54 Å². The molecule has 1 aromatic heterocycles. The highest BCUT2D eigenvalue weighted by molar-refractivity contribution is 5.93. The first-order valence-electron chi connectivity index (χ1n) is 7.33. The van der Waals surface area contributed by atoms with Gasteiger partial charge in [-0.15, -0.1) is 0 Å². The molecule has 0 radical (unpaired) electrons. The SMILES string of the molecule is Cc1ocnc1C(=O)N1C[C@H](O)C[C@H]1c1cccc(C(F)(F)F)c1. The number of halogens is 3. The van der Waals surface area contributed by atoms with E-state index in [1.807, 2.05) is 0 Å². The maximum atomic E-state index is 12.9. The van der Waals surface area contributed by atoms with E-state index in [9.17, 15) is 23.1 Å². The van der Waals surface area contributed by atoms with Gasteiger partial charge < -0.3 is 14.4 Å². The van der Waals surface area contributed by atoms with Gasteiger partial charge in [-0.25, -0.2) is 4.98 Å². The smallest absolute Gasteiger partial charge is 0.416 e. The minimum atomic E-state index is -4.47. The number of carbonyl (C=O) groups is 1. The molecule has 2 heterocycles. The van der Waals surface area contributed by atoms with Crippen LogP contribution in [-0.2, 0) is 6.18 Å². The fourth-order valence-electron chi connectivity index (χ4n) is 2.92. The van der Waals surface area contributed by atoms with Crippen LogP contribution in [0.15, 0.2) is 35.1 Å². The molecule has 8 heteroatoms. The topological polar surface area (TPSA) is 66.6 Å². The molecule has 1 aliphatic heterocycles. The van der Waals surface area contributed by atoms with E-state index in [2.05, 4.69) is 4.98 Å².